The third-order valence-electron chi connectivity index (χ3n) is 4.09. The molecule has 1 amide bonds. The molecule has 3 rings (SSSR count). The van der Waals surface area contributed by atoms with Gasteiger partial charge in [-0.1, -0.05) is 24.3 Å². The summed E-state index contributed by atoms with van der Waals surface area (Å²) in [6.45, 7) is 3.47. The van der Waals surface area contributed by atoms with Crippen molar-refractivity contribution in [1.29, 1.82) is 0 Å². The SMILES string of the molecule is CCOC(=O)c1[nH]c2ccccc2c1NC(=O)c1ccc(C)c([N+](=O)[O-])c1. The topological polar surface area (TPSA) is 114 Å². The van der Waals surface area contributed by atoms with Crippen LogP contribution in [0.3, 0.4) is 0 Å². The molecule has 0 aliphatic heterocycles. The first kappa shape index (κ1) is 18.1. The standard InChI is InChI=1S/C19H17N3O5/c1-3-27-19(24)17-16(13-6-4-5-7-14(13)20-17)21-18(23)12-9-8-11(2)15(10-12)22(25)26/h4-10,20H,3H2,1-2H3,(H,21,23). The van der Waals surface area contributed by atoms with Crippen LogP contribution in [0.4, 0.5) is 11.4 Å². The molecule has 27 heavy (non-hydrogen) atoms. The minimum atomic E-state index is -0.598. The number of rotatable bonds is 5. The number of hydrogen-bond donors (Lipinski definition) is 2. The highest BCUT2D eigenvalue weighted by molar-refractivity contribution is 6.14. The minimum absolute atomic E-state index is 0.118. The largest absolute Gasteiger partial charge is 0.461 e. The van der Waals surface area contributed by atoms with Crippen LogP contribution in [-0.2, 0) is 4.74 Å². The first-order valence-corrected chi connectivity index (χ1v) is 8.26. The number of benzene rings is 2. The highest BCUT2D eigenvalue weighted by Crippen LogP contribution is 2.29. The predicted octanol–water partition coefficient (Wildman–Crippen LogP) is 3.81. The van der Waals surface area contributed by atoms with Gasteiger partial charge in [0.1, 0.15) is 5.69 Å². The molecule has 0 saturated carbocycles. The molecule has 8 heteroatoms. The van der Waals surface area contributed by atoms with Crippen molar-refractivity contribution in [1.82, 2.24) is 4.98 Å². The third kappa shape index (κ3) is 3.50. The first-order chi connectivity index (χ1) is 12.9. The number of fused-ring (bicyclic) bond motifs is 1. The van der Waals surface area contributed by atoms with Crippen LogP contribution in [0.1, 0.15) is 33.3 Å². The van der Waals surface area contributed by atoms with Gasteiger partial charge in [0.25, 0.3) is 11.6 Å². The molecule has 0 spiro atoms. The summed E-state index contributed by atoms with van der Waals surface area (Å²) in [6.07, 6.45) is 0. The molecule has 0 aliphatic rings. The Morgan fingerprint density at radius 3 is 2.67 bits per heavy atom. The van der Waals surface area contributed by atoms with E-state index in [-0.39, 0.29) is 29.2 Å². The van der Waals surface area contributed by atoms with Gasteiger partial charge in [-0.15, -0.1) is 0 Å². The van der Waals surface area contributed by atoms with E-state index < -0.39 is 16.8 Å². The highest BCUT2D eigenvalue weighted by atomic mass is 16.6. The van der Waals surface area contributed by atoms with Crippen molar-refractivity contribution in [2.45, 2.75) is 13.8 Å². The second-order valence-electron chi connectivity index (χ2n) is 5.85. The fourth-order valence-electron chi connectivity index (χ4n) is 2.76. The Balaban J connectivity index is 2.02. The Labute approximate surface area is 154 Å². The van der Waals surface area contributed by atoms with Gasteiger partial charge in [0.15, 0.2) is 0 Å². The number of H-pyrrole nitrogens is 1. The molecule has 1 heterocycles. The first-order valence-electron chi connectivity index (χ1n) is 8.26. The van der Waals surface area contributed by atoms with E-state index in [0.717, 1.165) is 0 Å². The number of esters is 1. The number of aromatic nitrogens is 1. The lowest BCUT2D eigenvalue weighted by atomic mass is 10.1. The summed E-state index contributed by atoms with van der Waals surface area (Å²) in [7, 11) is 0. The molecule has 2 N–H and O–H groups in total. The minimum Gasteiger partial charge on any atom is -0.461 e. The van der Waals surface area contributed by atoms with Crippen molar-refractivity contribution in [3.05, 3.63) is 69.4 Å². The van der Waals surface area contributed by atoms with Crippen LogP contribution >= 0.6 is 0 Å². The normalized spacial score (nSPS) is 10.6. The van der Waals surface area contributed by atoms with Crippen LogP contribution in [0.5, 0.6) is 0 Å². The number of anilines is 1. The number of nitrogens with zero attached hydrogens (tertiary/aromatic N) is 1. The number of ether oxygens (including phenoxy) is 1. The number of carbonyl (C=O) groups excluding carboxylic acids is 2. The number of aryl methyl sites for hydroxylation is 1. The number of hydrogen-bond acceptors (Lipinski definition) is 5. The van der Waals surface area contributed by atoms with E-state index in [1.165, 1.54) is 18.2 Å². The number of aromatic amines is 1. The van der Waals surface area contributed by atoms with E-state index >= 15 is 0 Å². The molecule has 0 unspecified atom stereocenters. The summed E-state index contributed by atoms with van der Waals surface area (Å²) >= 11 is 0. The maximum absolute atomic E-state index is 12.7. The highest BCUT2D eigenvalue weighted by Gasteiger charge is 2.22. The number of nitro groups is 1. The average molecular weight is 367 g/mol. The number of carbonyl (C=O) groups is 2. The van der Waals surface area contributed by atoms with Gasteiger partial charge in [0, 0.05) is 28.1 Å². The molecule has 138 valence electrons. The average Bonchev–Trinajstić information content (AvgIpc) is 3.00. The molecule has 0 atom stereocenters. The van der Waals surface area contributed by atoms with E-state index in [0.29, 0.717) is 16.5 Å². The molecule has 3 aromatic rings. The van der Waals surface area contributed by atoms with E-state index in [9.17, 15) is 19.7 Å². The molecule has 0 aliphatic carbocycles. The summed E-state index contributed by atoms with van der Waals surface area (Å²) in [5, 5.41) is 14.4. The van der Waals surface area contributed by atoms with Gasteiger partial charge in [-0.3, -0.25) is 14.9 Å². The van der Waals surface area contributed by atoms with Crippen LogP contribution in [0.25, 0.3) is 10.9 Å². The van der Waals surface area contributed by atoms with Crippen molar-refractivity contribution >= 4 is 34.2 Å². The molecule has 0 saturated heterocycles. The lowest BCUT2D eigenvalue weighted by Crippen LogP contribution is -2.15. The molecule has 8 nitrogen and oxygen atoms in total. The molecule has 1 aromatic heterocycles. The lowest BCUT2D eigenvalue weighted by Gasteiger charge is -2.08. The number of amides is 1. The van der Waals surface area contributed by atoms with Gasteiger partial charge in [-0.2, -0.15) is 0 Å². The van der Waals surface area contributed by atoms with Crippen molar-refractivity contribution in [2.75, 3.05) is 11.9 Å². The van der Waals surface area contributed by atoms with Gasteiger partial charge in [-0.05, 0) is 26.0 Å². The Bertz CT molecular complexity index is 1050. The Hall–Kier alpha value is -3.68. The summed E-state index contributed by atoms with van der Waals surface area (Å²) in [5.41, 5.74) is 1.48. The lowest BCUT2D eigenvalue weighted by molar-refractivity contribution is -0.385. The quantitative estimate of drug-likeness (QED) is 0.404. The van der Waals surface area contributed by atoms with Gasteiger partial charge < -0.3 is 15.0 Å². The zero-order valence-electron chi connectivity index (χ0n) is 14.7. The van der Waals surface area contributed by atoms with Crippen LogP contribution < -0.4 is 5.32 Å². The maximum Gasteiger partial charge on any atom is 0.356 e. The summed E-state index contributed by atoms with van der Waals surface area (Å²) < 4.78 is 5.04. The zero-order valence-corrected chi connectivity index (χ0v) is 14.7. The van der Waals surface area contributed by atoms with E-state index in [2.05, 4.69) is 10.3 Å². The second-order valence-corrected chi connectivity index (χ2v) is 5.85. The van der Waals surface area contributed by atoms with Crippen molar-refractivity contribution in [3.63, 3.8) is 0 Å². The van der Waals surface area contributed by atoms with Gasteiger partial charge >= 0.3 is 5.97 Å². The number of nitro benzene ring substituents is 1. The van der Waals surface area contributed by atoms with Gasteiger partial charge in [0.2, 0.25) is 0 Å². The summed E-state index contributed by atoms with van der Waals surface area (Å²) in [5.74, 6) is -1.16. The summed E-state index contributed by atoms with van der Waals surface area (Å²) in [6, 6.07) is 11.3. The van der Waals surface area contributed by atoms with Gasteiger partial charge in [0.05, 0.1) is 17.2 Å². The molecule has 0 fully saturated rings. The number of para-hydroxylation sites is 1. The molecule has 0 radical (unpaired) electrons. The van der Waals surface area contributed by atoms with Crippen LogP contribution in [0.2, 0.25) is 0 Å². The number of nitrogens with one attached hydrogen (secondary N) is 2. The van der Waals surface area contributed by atoms with Crippen LogP contribution in [0, 0.1) is 17.0 Å². The fraction of sp³-hybridized carbons (Fsp3) is 0.158. The monoisotopic (exact) mass is 367 g/mol. The van der Waals surface area contributed by atoms with Gasteiger partial charge in [-0.25, -0.2) is 4.79 Å². The van der Waals surface area contributed by atoms with E-state index in [4.69, 9.17) is 4.74 Å². The summed E-state index contributed by atoms with van der Waals surface area (Å²) in [4.78, 5) is 38.4. The van der Waals surface area contributed by atoms with E-state index in [1.54, 1.807) is 38.1 Å². The van der Waals surface area contributed by atoms with Crippen molar-refractivity contribution in [3.8, 4) is 0 Å². The second kappa shape index (κ2) is 7.28. The maximum atomic E-state index is 12.7. The fourth-order valence-corrected chi connectivity index (χ4v) is 2.76. The smallest absolute Gasteiger partial charge is 0.356 e. The predicted molar refractivity (Wildman–Crippen MR) is 100 cm³/mol. The molecular formula is C19H17N3O5. The molecule has 2 aromatic carbocycles. The Kier molecular flexibility index (Phi) is 4.89. The van der Waals surface area contributed by atoms with Crippen LogP contribution in [0.15, 0.2) is 42.5 Å². The molecule has 0 bridgehead atoms. The van der Waals surface area contributed by atoms with Crippen molar-refractivity contribution < 1.29 is 19.2 Å². The molecular weight excluding hydrogens is 350 g/mol. The van der Waals surface area contributed by atoms with Crippen LogP contribution in [-0.4, -0.2) is 28.4 Å². The van der Waals surface area contributed by atoms with E-state index in [1.807, 2.05) is 0 Å². The van der Waals surface area contributed by atoms with Crippen molar-refractivity contribution in [2.24, 2.45) is 0 Å². The third-order valence-corrected chi connectivity index (χ3v) is 4.09. The Morgan fingerprint density at radius 1 is 1.22 bits per heavy atom. The Morgan fingerprint density at radius 2 is 1.96 bits per heavy atom. The zero-order chi connectivity index (χ0) is 19.6.